The van der Waals surface area contributed by atoms with Gasteiger partial charge in [-0.05, 0) is 50.5 Å². The lowest BCUT2D eigenvalue weighted by atomic mass is 10.0. The minimum atomic E-state index is -1.06. The molecule has 0 spiro atoms. The van der Waals surface area contributed by atoms with E-state index in [1.54, 1.807) is 41.3 Å². The molecule has 1 fully saturated rings. The first kappa shape index (κ1) is 25.0. The minimum absolute atomic E-state index is 0.0498. The number of nitrogens with one attached hydrogen (secondary N) is 2. The molecule has 0 aromatic heterocycles. The number of benzene rings is 2. The van der Waals surface area contributed by atoms with E-state index >= 15 is 0 Å². The Morgan fingerprint density at radius 1 is 1.23 bits per heavy atom. The van der Waals surface area contributed by atoms with Gasteiger partial charge in [-0.3, -0.25) is 14.4 Å². The molecular weight excluding hydrogens is 473 g/mol. The number of fused-ring (bicyclic) bond motifs is 1. The molecule has 2 aromatic carbocycles. The zero-order valence-corrected chi connectivity index (χ0v) is 20.7. The summed E-state index contributed by atoms with van der Waals surface area (Å²) in [6.45, 7) is 5.43. The van der Waals surface area contributed by atoms with Gasteiger partial charge in [0.05, 0.1) is 5.69 Å². The highest BCUT2D eigenvalue weighted by atomic mass is 35.5. The fraction of sp³-hybridized carbons (Fsp3) is 0.423. The maximum atomic E-state index is 14.4. The summed E-state index contributed by atoms with van der Waals surface area (Å²) in [5.41, 5.74) is 0.330. The number of halogens is 2. The molecule has 1 heterocycles. The predicted octanol–water partition coefficient (Wildman–Crippen LogP) is 3.63. The Bertz CT molecular complexity index is 1150. The van der Waals surface area contributed by atoms with E-state index in [0.717, 1.165) is 12.8 Å². The Labute approximate surface area is 209 Å². The Morgan fingerprint density at radius 2 is 1.94 bits per heavy atom. The molecule has 2 aliphatic rings. The third kappa shape index (κ3) is 5.42. The van der Waals surface area contributed by atoms with Crippen LogP contribution in [-0.4, -0.2) is 42.5 Å². The molecule has 0 radical (unpaired) electrons. The second-order valence-corrected chi connectivity index (χ2v) is 10.1. The summed E-state index contributed by atoms with van der Waals surface area (Å²) in [7, 11) is 0. The van der Waals surface area contributed by atoms with E-state index < -0.39 is 29.2 Å². The van der Waals surface area contributed by atoms with Crippen LogP contribution in [0.4, 0.5) is 10.1 Å². The first-order valence-corrected chi connectivity index (χ1v) is 12.1. The maximum absolute atomic E-state index is 14.4. The van der Waals surface area contributed by atoms with Crippen molar-refractivity contribution in [2.24, 2.45) is 5.41 Å². The number of amides is 3. The number of rotatable bonds is 7. The first-order valence-electron chi connectivity index (χ1n) is 11.7. The van der Waals surface area contributed by atoms with Gasteiger partial charge in [0.25, 0.3) is 5.91 Å². The smallest absolute Gasteiger partial charge is 0.253 e. The molecule has 1 saturated carbocycles. The Balaban J connectivity index is 1.57. The molecule has 0 unspecified atom stereocenters. The van der Waals surface area contributed by atoms with Gasteiger partial charge in [-0.25, -0.2) is 4.39 Å². The summed E-state index contributed by atoms with van der Waals surface area (Å²) in [6.07, 6.45) is 1.41. The monoisotopic (exact) mass is 501 g/mol. The van der Waals surface area contributed by atoms with Crippen molar-refractivity contribution in [1.82, 2.24) is 10.6 Å². The van der Waals surface area contributed by atoms with Crippen LogP contribution in [0, 0.1) is 11.2 Å². The van der Waals surface area contributed by atoms with Crippen molar-refractivity contribution in [2.45, 2.75) is 58.2 Å². The third-order valence-electron chi connectivity index (χ3n) is 6.51. The molecule has 1 aliphatic carbocycles. The van der Waals surface area contributed by atoms with Crippen molar-refractivity contribution >= 4 is 35.0 Å². The van der Waals surface area contributed by atoms with E-state index in [0.29, 0.717) is 22.0 Å². The van der Waals surface area contributed by atoms with Crippen LogP contribution in [0.2, 0.25) is 5.02 Å². The SMILES string of the molecule is CC(C)N1C(=O)[C@H](NC(=O)[C@@H](Cc2ccccc2F)NC(=O)C2(C)CC2)COc2cc(Cl)ccc21. The van der Waals surface area contributed by atoms with Gasteiger partial charge in [-0.1, -0.05) is 36.7 Å². The van der Waals surface area contributed by atoms with Crippen molar-refractivity contribution in [3.05, 3.63) is 58.9 Å². The fourth-order valence-electron chi connectivity index (χ4n) is 4.08. The highest BCUT2D eigenvalue weighted by molar-refractivity contribution is 6.30. The van der Waals surface area contributed by atoms with Gasteiger partial charge in [-0.15, -0.1) is 0 Å². The number of carbonyl (C=O) groups excluding carboxylic acids is 3. The van der Waals surface area contributed by atoms with Crippen molar-refractivity contribution in [3.8, 4) is 5.75 Å². The van der Waals surface area contributed by atoms with Crippen molar-refractivity contribution < 1.29 is 23.5 Å². The molecule has 0 bridgehead atoms. The molecule has 2 atom stereocenters. The zero-order chi connectivity index (χ0) is 25.3. The van der Waals surface area contributed by atoms with Gasteiger partial charge in [0.15, 0.2) is 0 Å². The lowest BCUT2D eigenvalue weighted by Gasteiger charge is -2.29. The van der Waals surface area contributed by atoms with Gasteiger partial charge in [-0.2, -0.15) is 0 Å². The van der Waals surface area contributed by atoms with Crippen LogP contribution in [-0.2, 0) is 20.8 Å². The summed E-state index contributed by atoms with van der Waals surface area (Å²) >= 11 is 6.11. The van der Waals surface area contributed by atoms with Crippen LogP contribution in [0.25, 0.3) is 0 Å². The standard InChI is InChI=1S/C26H29ClFN3O4/c1-15(2)31-21-9-8-17(27)13-22(21)35-14-20(24(31)33)29-23(32)19(30-25(34)26(3)10-11-26)12-16-6-4-5-7-18(16)28/h4-9,13,15,19-20H,10-12,14H2,1-3H3,(H,29,32)(H,30,34)/t19-,20-/m1/s1. The normalized spacial score (nSPS) is 19.3. The molecule has 0 saturated heterocycles. The largest absolute Gasteiger partial charge is 0.489 e. The third-order valence-corrected chi connectivity index (χ3v) is 6.74. The lowest BCUT2D eigenvalue weighted by molar-refractivity contribution is -0.133. The molecule has 4 rings (SSSR count). The van der Waals surface area contributed by atoms with E-state index in [4.69, 9.17) is 16.3 Å². The lowest BCUT2D eigenvalue weighted by Crippen LogP contribution is -2.57. The first-order chi connectivity index (χ1) is 16.6. The van der Waals surface area contributed by atoms with E-state index in [1.165, 1.54) is 6.07 Å². The van der Waals surface area contributed by atoms with E-state index in [1.807, 2.05) is 20.8 Å². The number of nitrogens with zero attached hydrogens (tertiary/aromatic N) is 1. The van der Waals surface area contributed by atoms with Crippen LogP contribution in [0.15, 0.2) is 42.5 Å². The van der Waals surface area contributed by atoms with Gasteiger partial charge in [0.2, 0.25) is 11.8 Å². The van der Waals surface area contributed by atoms with Crippen molar-refractivity contribution in [1.29, 1.82) is 0 Å². The number of carbonyl (C=O) groups is 3. The van der Waals surface area contributed by atoms with Crippen LogP contribution in [0.3, 0.4) is 0 Å². The molecule has 3 amide bonds. The summed E-state index contributed by atoms with van der Waals surface area (Å²) < 4.78 is 20.2. The van der Waals surface area contributed by atoms with E-state index in [-0.39, 0.29) is 30.9 Å². The molecule has 35 heavy (non-hydrogen) atoms. The molecule has 186 valence electrons. The number of anilines is 1. The summed E-state index contributed by atoms with van der Waals surface area (Å²) in [4.78, 5) is 41.1. The average molecular weight is 502 g/mol. The summed E-state index contributed by atoms with van der Waals surface area (Å²) in [5, 5.41) is 5.97. The highest BCUT2D eigenvalue weighted by Crippen LogP contribution is 2.45. The summed E-state index contributed by atoms with van der Waals surface area (Å²) in [6, 6.07) is 8.83. The highest BCUT2D eigenvalue weighted by Gasteiger charge is 2.46. The fourth-order valence-corrected chi connectivity index (χ4v) is 4.24. The van der Waals surface area contributed by atoms with E-state index in [2.05, 4.69) is 10.6 Å². The van der Waals surface area contributed by atoms with Crippen LogP contribution in [0.5, 0.6) is 5.75 Å². The van der Waals surface area contributed by atoms with E-state index in [9.17, 15) is 18.8 Å². The molecule has 9 heteroatoms. The number of ether oxygens (including phenoxy) is 1. The van der Waals surface area contributed by atoms with Gasteiger partial charge in [0, 0.05) is 29.0 Å². The number of hydrogen-bond donors (Lipinski definition) is 2. The summed E-state index contributed by atoms with van der Waals surface area (Å²) in [5.74, 6) is -1.22. The quantitative estimate of drug-likeness (QED) is 0.606. The molecular formula is C26H29ClFN3O4. The topological polar surface area (TPSA) is 87.7 Å². The van der Waals surface area contributed by atoms with Gasteiger partial charge >= 0.3 is 0 Å². The Hall–Kier alpha value is -3.13. The van der Waals surface area contributed by atoms with Crippen molar-refractivity contribution in [2.75, 3.05) is 11.5 Å². The van der Waals surface area contributed by atoms with Crippen LogP contribution < -0.4 is 20.3 Å². The van der Waals surface area contributed by atoms with Crippen molar-refractivity contribution in [3.63, 3.8) is 0 Å². The molecule has 2 aromatic rings. The van der Waals surface area contributed by atoms with Crippen LogP contribution in [0.1, 0.15) is 39.2 Å². The predicted molar refractivity (Wildman–Crippen MR) is 131 cm³/mol. The van der Waals surface area contributed by atoms with Crippen LogP contribution >= 0.6 is 11.6 Å². The average Bonchev–Trinajstić information content (AvgIpc) is 3.58. The second-order valence-electron chi connectivity index (χ2n) is 9.67. The zero-order valence-electron chi connectivity index (χ0n) is 19.9. The second kappa shape index (κ2) is 9.85. The number of hydrogen-bond acceptors (Lipinski definition) is 4. The van der Waals surface area contributed by atoms with Gasteiger partial charge < -0.3 is 20.3 Å². The Morgan fingerprint density at radius 3 is 2.60 bits per heavy atom. The Kier molecular flexibility index (Phi) is 7.03. The molecule has 2 N–H and O–H groups in total. The molecule has 1 aliphatic heterocycles. The van der Waals surface area contributed by atoms with Gasteiger partial charge in [0.1, 0.15) is 30.3 Å². The maximum Gasteiger partial charge on any atom is 0.253 e. The molecule has 7 nitrogen and oxygen atoms in total. The minimum Gasteiger partial charge on any atom is -0.489 e.